The molecule has 0 saturated heterocycles. The smallest absolute Gasteiger partial charge is 0.411 e. The highest BCUT2D eigenvalue weighted by molar-refractivity contribution is 6.32. The zero-order valence-electron chi connectivity index (χ0n) is 10.6. The van der Waals surface area contributed by atoms with Crippen molar-refractivity contribution in [3.63, 3.8) is 0 Å². The van der Waals surface area contributed by atoms with E-state index in [0.29, 0.717) is 5.02 Å². The Kier molecular flexibility index (Phi) is 5.90. The fraction of sp³-hybridized carbons (Fsp3) is 0.500. The summed E-state index contributed by atoms with van der Waals surface area (Å²) < 4.78 is 44.8. The van der Waals surface area contributed by atoms with Gasteiger partial charge < -0.3 is 14.8 Å². The van der Waals surface area contributed by atoms with E-state index in [1.807, 2.05) is 14.0 Å². The zero-order valence-corrected chi connectivity index (χ0v) is 11.3. The van der Waals surface area contributed by atoms with Crippen LogP contribution in [-0.2, 0) is 4.74 Å². The van der Waals surface area contributed by atoms with Crippen molar-refractivity contribution in [1.82, 2.24) is 5.32 Å². The monoisotopic (exact) mass is 297 g/mol. The van der Waals surface area contributed by atoms with Crippen LogP contribution < -0.4 is 10.1 Å². The second-order valence-corrected chi connectivity index (χ2v) is 4.33. The van der Waals surface area contributed by atoms with Crippen molar-refractivity contribution in [1.29, 1.82) is 0 Å². The number of hydrogen-bond donors (Lipinski definition) is 1. The Morgan fingerprint density at radius 1 is 1.37 bits per heavy atom. The van der Waals surface area contributed by atoms with Gasteiger partial charge >= 0.3 is 6.18 Å². The van der Waals surface area contributed by atoms with E-state index >= 15 is 0 Å². The summed E-state index contributed by atoms with van der Waals surface area (Å²) in [6, 6.07) is 5.20. The van der Waals surface area contributed by atoms with Gasteiger partial charge in [-0.2, -0.15) is 13.2 Å². The molecule has 1 aromatic carbocycles. The highest BCUT2D eigenvalue weighted by Crippen LogP contribution is 2.28. The highest BCUT2D eigenvalue weighted by Gasteiger charge is 2.27. The molecule has 1 unspecified atom stereocenters. The van der Waals surface area contributed by atoms with E-state index in [0.717, 1.165) is 5.56 Å². The molecule has 0 fully saturated rings. The van der Waals surface area contributed by atoms with E-state index in [2.05, 4.69) is 10.1 Å². The molecule has 1 aromatic rings. The van der Waals surface area contributed by atoms with Crippen molar-refractivity contribution >= 4 is 11.6 Å². The SMILES string of the molecule is CNC(C)c1ccc(OCOCC(F)(F)F)c(Cl)c1. The van der Waals surface area contributed by atoms with Crippen molar-refractivity contribution < 1.29 is 22.6 Å². The van der Waals surface area contributed by atoms with E-state index in [1.165, 1.54) is 0 Å². The van der Waals surface area contributed by atoms with Crippen LogP contribution in [0.4, 0.5) is 13.2 Å². The average molecular weight is 298 g/mol. The van der Waals surface area contributed by atoms with Crippen LogP contribution in [0.2, 0.25) is 5.02 Å². The summed E-state index contributed by atoms with van der Waals surface area (Å²) in [5.41, 5.74) is 0.955. The molecule has 0 radical (unpaired) electrons. The van der Waals surface area contributed by atoms with E-state index in [-0.39, 0.29) is 11.8 Å². The first-order valence-electron chi connectivity index (χ1n) is 5.57. The minimum Gasteiger partial charge on any atom is -0.466 e. The van der Waals surface area contributed by atoms with Crippen LogP contribution in [-0.4, -0.2) is 26.6 Å². The van der Waals surface area contributed by atoms with Gasteiger partial charge in [-0.3, -0.25) is 0 Å². The van der Waals surface area contributed by atoms with Crippen LogP contribution in [0.15, 0.2) is 18.2 Å². The normalized spacial score (nSPS) is 13.4. The molecule has 19 heavy (non-hydrogen) atoms. The van der Waals surface area contributed by atoms with Gasteiger partial charge in [-0.25, -0.2) is 0 Å². The quantitative estimate of drug-likeness (QED) is 0.643. The summed E-state index contributed by atoms with van der Waals surface area (Å²) >= 11 is 5.97. The maximum atomic E-state index is 11.8. The van der Waals surface area contributed by atoms with Crippen molar-refractivity contribution in [2.75, 3.05) is 20.4 Å². The molecule has 7 heteroatoms. The number of nitrogens with one attached hydrogen (secondary N) is 1. The Labute approximate surface area is 114 Å². The van der Waals surface area contributed by atoms with Gasteiger partial charge in [-0.1, -0.05) is 17.7 Å². The zero-order chi connectivity index (χ0) is 14.5. The summed E-state index contributed by atoms with van der Waals surface area (Å²) in [7, 11) is 1.81. The van der Waals surface area contributed by atoms with Crippen LogP contribution in [0, 0.1) is 0 Å². The first kappa shape index (κ1) is 16.1. The number of alkyl halides is 3. The Balaban J connectivity index is 2.51. The van der Waals surface area contributed by atoms with Crippen molar-refractivity contribution in [3.8, 4) is 5.75 Å². The van der Waals surface area contributed by atoms with Crippen molar-refractivity contribution in [3.05, 3.63) is 28.8 Å². The van der Waals surface area contributed by atoms with E-state index in [9.17, 15) is 13.2 Å². The molecule has 0 bridgehead atoms. The Hall–Kier alpha value is -0.980. The van der Waals surface area contributed by atoms with Gasteiger partial charge in [0.25, 0.3) is 0 Å². The summed E-state index contributed by atoms with van der Waals surface area (Å²) in [6.07, 6.45) is -4.36. The number of rotatable bonds is 6. The molecular weight excluding hydrogens is 283 g/mol. The maximum absolute atomic E-state index is 11.8. The molecule has 0 spiro atoms. The largest absolute Gasteiger partial charge is 0.466 e. The van der Waals surface area contributed by atoms with Gasteiger partial charge in [-0.05, 0) is 31.7 Å². The lowest BCUT2D eigenvalue weighted by molar-refractivity contribution is -0.186. The van der Waals surface area contributed by atoms with Gasteiger partial charge in [-0.15, -0.1) is 0 Å². The molecule has 0 aromatic heterocycles. The van der Waals surface area contributed by atoms with Crippen LogP contribution in [0.3, 0.4) is 0 Å². The van der Waals surface area contributed by atoms with Crippen LogP contribution >= 0.6 is 11.6 Å². The lowest BCUT2D eigenvalue weighted by atomic mass is 10.1. The number of benzene rings is 1. The standard InChI is InChI=1S/C12H15ClF3NO2/c1-8(17-2)9-3-4-11(10(13)5-9)19-7-18-6-12(14,15)16/h3-5,8,17H,6-7H2,1-2H3. The molecule has 0 aliphatic heterocycles. The third kappa shape index (κ3) is 5.67. The minimum absolute atomic E-state index is 0.119. The van der Waals surface area contributed by atoms with Crippen LogP contribution in [0.1, 0.15) is 18.5 Å². The molecule has 108 valence electrons. The second kappa shape index (κ2) is 6.98. The van der Waals surface area contributed by atoms with E-state index < -0.39 is 19.6 Å². The Morgan fingerprint density at radius 3 is 2.58 bits per heavy atom. The molecule has 0 aliphatic rings. The molecule has 3 nitrogen and oxygen atoms in total. The first-order chi connectivity index (χ1) is 8.83. The highest BCUT2D eigenvalue weighted by atomic mass is 35.5. The third-order valence-electron chi connectivity index (χ3n) is 2.45. The predicted molar refractivity (Wildman–Crippen MR) is 66.4 cm³/mol. The first-order valence-corrected chi connectivity index (χ1v) is 5.95. The fourth-order valence-electron chi connectivity index (χ4n) is 1.33. The molecule has 0 amide bonds. The summed E-state index contributed by atoms with van der Waals surface area (Å²) in [4.78, 5) is 0. The average Bonchev–Trinajstić information content (AvgIpc) is 2.33. The second-order valence-electron chi connectivity index (χ2n) is 3.93. The van der Waals surface area contributed by atoms with Gasteiger partial charge in [0.2, 0.25) is 0 Å². The Morgan fingerprint density at radius 2 is 2.05 bits per heavy atom. The van der Waals surface area contributed by atoms with Crippen molar-refractivity contribution in [2.24, 2.45) is 0 Å². The molecule has 1 atom stereocenters. The Bertz CT molecular complexity index is 412. The topological polar surface area (TPSA) is 30.5 Å². The number of ether oxygens (including phenoxy) is 2. The van der Waals surface area contributed by atoms with E-state index in [1.54, 1.807) is 18.2 Å². The molecule has 1 rings (SSSR count). The molecule has 0 saturated carbocycles. The number of hydrogen-bond acceptors (Lipinski definition) is 3. The minimum atomic E-state index is -4.36. The molecular formula is C12H15ClF3NO2. The predicted octanol–water partition coefficient (Wildman–Crippen LogP) is 3.54. The van der Waals surface area contributed by atoms with Crippen molar-refractivity contribution in [2.45, 2.75) is 19.1 Å². The summed E-state index contributed by atoms with van der Waals surface area (Å²) in [5, 5.41) is 3.38. The molecule has 0 aliphatic carbocycles. The van der Waals surface area contributed by atoms with Gasteiger partial charge in [0, 0.05) is 6.04 Å². The lowest BCUT2D eigenvalue weighted by Gasteiger charge is -2.14. The van der Waals surface area contributed by atoms with Gasteiger partial charge in [0.15, 0.2) is 6.79 Å². The van der Waals surface area contributed by atoms with Crippen LogP contribution in [0.5, 0.6) is 5.75 Å². The summed E-state index contributed by atoms with van der Waals surface area (Å²) in [6.45, 7) is 0.109. The lowest BCUT2D eigenvalue weighted by Crippen LogP contribution is -2.19. The molecule has 1 N–H and O–H groups in total. The number of halogens is 4. The van der Waals surface area contributed by atoms with E-state index in [4.69, 9.17) is 16.3 Å². The fourth-order valence-corrected chi connectivity index (χ4v) is 1.58. The third-order valence-corrected chi connectivity index (χ3v) is 2.75. The summed E-state index contributed by atoms with van der Waals surface area (Å²) in [5.74, 6) is 0.288. The van der Waals surface area contributed by atoms with Gasteiger partial charge in [0.1, 0.15) is 12.4 Å². The molecule has 0 heterocycles. The van der Waals surface area contributed by atoms with Crippen LogP contribution in [0.25, 0.3) is 0 Å². The van der Waals surface area contributed by atoms with Gasteiger partial charge in [0.05, 0.1) is 5.02 Å². The maximum Gasteiger partial charge on any atom is 0.411 e.